The topological polar surface area (TPSA) is 55.6 Å². The van der Waals surface area contributed by atoms with Gasteiger partial charge in [0.15, 0.2) is 0 Å². The highest BCUT2D eigenvalue weighted by atomic mass is 15.3. The second kappa shape index (κ2) is 3.97. The largest absolute Gasteiger partial charge is 0.314 e. The molecule has 2 aromatic rings. The molecule has 0 aliphatic rings. The Labute approximate surface area is 81.8 Å². The SMILES string of the molecule is CNCc1cc(-n2cncn2)ccn1. The van der Waals surface area contributed by atoms with Crippen LogP contribution in [0.1, 0.15) is 5.69 Å². The van der Waals surface area contributed by atoms with Crippen LogP contribution in [0.2, 0.25) is 0 Å². The number of nitrogens with zero attached hydrogens (tertiary/aromatic N) is 4. The minimum absolute atomic E-state index is 0.753. The van der Waals surface area contributed by atoms with Crippen molar-refractivity contribution in [3.8, 4) is 5.69 Å². The quantitative estimate of drug-likeness (QED) is 0.758. The highest BCUT2D eigenvalue weighted by molar-refractivity contribution is 5.30. The third-order valence-corrected chi connectivity index (χ3v) is 1.84. The molecule has 5 heteroatoms. The van der Waals surface area contributed by atoms with Gasteiger partial charge in [0.25, 0.3) is 0 Å². The average Bonchev–Trinajstić information content (AvgIpc) is 2.71. The smallest absolute Gasteiger partial charge is 0.138 e. The molecule has 0 bridgehead atoms. The molecule has 0 radical (unpaired) electrons. The van der Waals surface area contributed by atoms with Crippen LogP contribution in [0.5, 0.6) is 0 Å². The molecule has 0 aromatic carbocycles. The first-order valence-electron chi connectivity index (χ1n) is 4.34. The monoisotopic (exact) mass is 189 g/mol. The van der Waals surface area contributed by atoms with Gasteiger partial charge in [-0.25, -0.2) is 9.67 Å². The summed E-state index contributed by atoms with van der Waals surface area (Å²) < 4.78 is 1.71. The Bertz CT molecular complexity index is 395. The Morgan fingerprint density at radius 3 is 3.14 bits per heavy atom. The van der Waals surface area contributed by atoms with Gasteiger partial charge in [-0.3, -0.25) is 4.98 Å². The van der Waals surface area contributed by atoms with Crippen molar-refractivity contribution in [2.24, 2.45) is 0 Å². The van der Waals surface area contributed by atoms with Gasteiger partial charge in [0.1, 0.15) is 12.7 Å². The molecule has 14 heavy (non-hydrogen) atoms. The lowest BCUT2D eigenvalue weighted by Gasteiger charge is -2.02. The summed E-state index contributed by atoms with van der Waals surface area (Å²) in [5, 5.41) is 7.09. The summed E-state index contributed by atoms with van der Waals surface area (Å²) >= 11 is 0. The molecule has 0 saturated heterocycles. The predicted octanol–water partition coefficient (Wildman–Crippen LogP) is 0.382. The number of hydrogen-bond donors (Lipinski definition) is 1. The molecule has 0 spiro atoms. The lowest BCUT2D eigenvalue weighted by atomic mass is 10.3. The van der Waals surface area contributed by atoms with E-state index in [2.05, 4.69) is 20.4 Å². The zero-order valence-corrected chi connectivity index (χ0v) is 7.88. The van der Waals surface area contributed by atoms with Crippen LogP contribution < -0.4 is 5.32 Å². The van der Waals surface area contributed by atoms with E-state index in [0.29, 0.717) is 0 Å². The summed E-state index contributed by atoms with van der Waals surface area (Å²) in [4.78, 5) is 8.11. The Balaban J connectivity index is 2.31. The van der Waals surface area contributed by atoms with Gasteiger partial charge in [0.2, 0.25) is 0 Å². The van der Waals surface area contributed by atoms with Gasteiger partial charge in [-0.05, 0) is 19.2 Å². The van der Waals surface area contributed by atoms with Crippen LogP contribution >= 0.6 is 0 Å². The normalized spacial score (nSPS) is 10.4. The van der Waals surface area contributed by atoms with E-state index in [1.807, 2.05) is 19.2 Å². The van der Waals surface area contributed by atoms with Gasteiger partial charge in [0.05, 0.1) is 11.4 Å². The van der Waals surface area contributed by atoms with Gasteiger partial charge >= 0.3 is 0 Å². The first kappa shape index (κ1) is 8.83. The van der Waals surface area contributed by atoms with Crippen LogP contribution in [0.4, 0.5) is 0 Å². The summed E-state index contributed by atoms with van der Waals surface area (Å²) in [6.07, 6.45) is 4.94. The van der Waals surface area contributed by atoms with E-state index in [0.717, 1.165) is 17.9 Å². The van der Waals surface area contributed by atoms with Gasteiger partial charge in [-0.2, -0.15) is 5.10 Å². The molecule has 0 atom stereocenters. The average molecular weight is 189 g/mol. The van der Waals surface area contributed by atoms with E-state index in [1.54, 1.807) is 17.2 Å². The molecule has 5 nitrogen and oxygen atoms in total. The lowest BCUT2D eigenvalue weighted by Crippen LogP contribution is -2.07. The predicted molar refractivity (Wildman–Crippen MR) is 51.9 cm³/mol. The van der Waals surface area contributed by atoms with Crippen molar-refractivity contribution in [3.05, 3.63) is 36.7 Å². The molecular formula is C9H11N5. The Morgan fingerprint density at radius 1 is 1.50 bits per heavy atom. The molecule has 0 aliphatic carbocycles. The van der Waals surface area contributed by atoms with Crippen molar-refractivity contribution in [3.63, 3.8) is 0 Å². The maximum atomic E-state index is 4.21. The standard InChI is InChI=1S/C9H11N5/c1-10-5-8-4-9(2-3-12-8)14-7-11-6-13-14/h2-4,6-7,10H,5H2,1H3. The molecule has 0 unspecified atom stereocenters. The number of nitrogens with one attached hydrogen (secondary N) is 1. The van der Waals surface area contributed by atoms with Gasteiger partial charge in [-0.1, -0.05) is 0 Å². The summed E-state index contributed by atoms with van der Waals surface area (Å²) in [5.41, 5.74) is 1.96. The molecule has 2 aromatic heterocycles. The van der Waals surface area contributed by atoms with Crippen molar-refractivity contribution in [2.75, 3.05) is 7.05 Å². The Kier molecular flexibility index (Phi) is 2.51. The fourth-order valence-electron chi connectivity index (χ4n) is 1.23. The summed E-state index contributed by atoms with van der Waals surface area (Å²) in [6.45, 7) is 0.753. The van der Waals surface area contributed by atoms with Gasteiger partial charge in [0, 0.05) is 12.7 Å². The van der Waals surface area contributed by atoms with Crippen LogP contribution in [-0.2, 0) is 6.54 Å². The molecule has 2 heterocycles. The minimum Gasteiger partial charge on any atom is -0.314 e. The zero-order valence-electron chi connectivity index (χ0n) is 7.88. The van der Waals surface area contributed by atoms with E-state index in [9.17, 15) is 0 Å². The highest BCUT2D eigenvalue weighted by Gasteiger charge is 1.98. The summed E-state index contributed by atoms with van der Waals surface area (Å²) in [5.74, 6) is 0. The second-order valence-corrected chi connectivity index (χ2v) is 2.88. The molecule has 2 rings (SSSR count). The molecule has 0 fully saturated rings. The molecule has 0 amide bonds. The van der Waals surface area contributed by atoms with Crippen molar-refractivity contribution >= 4 is 0 Å². The van der Waals surface area contributed by atoms with E-state index < -0.39 is 0 Å². The lowest BCUT2D eigenvalue weighted by molar-refractivity contribution is 0.784. The third-order valence-electron chi connectivity index (χ3n) is 1.84. The van der Waals surface area contributed by atoms with Crippen molar-refractivity contribution in [2.45, 2.75) is 6.54 Å². The van der Waals surface area contributed by atoms with Gasteiger partial charge in [-0.15, -0.1) is 0 Å². The molecule has 1 N–H and O–H groups in total. The number of pyridine rings is 1. The molecule has 72 valence electrons. The zero-order chi connectivity index (χ0) is 9.80. The Hall–Kier alpha value is -1.75. The van der Waals surface area contributed by atoms with Gasteiger partial charge < -0.3 is 5.32 Å². The van der Waals surface area contributed by atoms with E-state index in [1.165, 1.54) is 6.33 Å². The third kappa shape index (κ3) is 1.77. The fraction of sp³-hybridized carbons (Fsp3) is 0.222. The maximum absolute atomic E-state index is 4.21. The number of hydrogen-bond acceptors (Lipinski definition) is 4. The van der Waals surface area contributed by atoms with Crippen LogP contribution in [-0.4, -0.2) is 26.8 Å². The molecule has 0 aliphatic heterocycles. The number of aromatic nitrogens is 4. The molecule has 0 saturated carbocycles. The summed E-state index contributed by atoms with van der Waals surface area (Å²) in [6, 6.07) is 3.87. The van der Waals surface area contributed by atoms with E-state index in [4.69, 9.17) is 0 Å². The van der Waals surface area contributed by atoms with Crippen LogP contribution in [0.15, 0.2) is 31.0 Å². The first-order valence-corrected chi connectivity index (χ1v) is 4.34. The molecular weight excluding hydrogens is 178 g/mol. The van der Waals surface area contributed by atoms with E-state index in [-0.39, 0.29) is 0 Å². The maximum Gasteiger partial charge on any atom is 0.138 e. The van der Waals surface area contributed by atoms with E-state index >= 15 is 0 Å². The van der Waals surface area contributed by atoms with Crippen molar-refractivity contribution in [1.29, 1.82) is 0 Å². The minimum atomic E-state index is 0.753. The number of rotatable bonds is 3. The second-order valence-electron chi connectivity index (χ2n) is 2.88. The highest BCUT2D eigenvalue weighted by Crippen LogP contribution is 2.05. The van der Waals surface area contributed by atoms with Crippen molar-refractivity contribution in [1.82, 2.24) is 25.1 Å². The fourth-order valence-corrected chi connectivity index (χ4v) is 1.23. The van der Waals surface area contributed by atoms with Crippen LogP contribution in [0, 0.1) is 0 Å². The first-order chi connectivity index (χ1) is 6.90. The van der Waals surface area contributed by atoms with Crippen LogP contribution in [0.3, 0.4) is 0 Å². The van der Waals surface area contributed by atoms with Crippen LogP contribution in [0.25, 0.3) is 5.69 Å². The summed E-state index contributed by atoms with van der Waals surface area (Å²) in [7, 11) is 1.89. The Morgan fingerprint density at radius 2 is 2.43 bits per heavy atom. The van der Waals surface area contributed by atoms with Crippen molar-refractivity contribution < 1.29 is 0 Å².